The van der Waals surface area contributed by atoms with Gasteiger partial charge >= 0.3 is 0 Å². The van der Waals surface area contributed by atoms with Crippen LogP contribution in [0.25, 0.3) is 27.8 Å². The molecule has 5 rings (SSSR count). The van der Waals surface area contributed by atoms with Gasteiger partial charge in [-0.15, -0.1) is 10.2 Å². The summed E-state index contributed by atoms with van der Waals surface area (Å²) in [6, 6.07) is 18.5. The topological polar surface area (TPSA) is 110 Å². The zero-order valence-corrected chi connectivity index (χ0v) is 18.0. The van der Waals surface area contributed by atoms with Gasteiger partial charge in [0.05, 0.1) is 17.0 Å². The van der Waals surface area contributed by atoms with Crippen LogP contribution in [-0.2, 0) is 11.3 Å². The number of nitrogens with one attached hydrogen (secondary N) is 2. The van der Waals surface area contributed by atoms with Crippen molar-refractivity contribution in [3.63, 3.8) is 0 Å². The third-order valence-electron chi connectivity index (χ3n) is 5.01. The monoisotopic (exact) mass is 445 g/mol. The summed E-state index contributed by atoms with van der Waals surface area (Å²) in [5.74, 6) is 0.124. The van der Waals surface area contributed by atoms with Gasteiger partial charge in [-0.2, -0.15) is 0 Å². The number of aryl methyl sites for hydroxylation is 1. The molecule has 160 valence electrons. The van der Waals surface area contributed by atoms with Gasteiger partial charge in [0.1, 0.15) is 11.3 Å². The van der Waals surface area contributed by atoms with E-state index in [1.54, 1.807) is 12.1 Å². The van der Waals surface area contributed by atoms with E-state index < -0.39 is 0 Å². The molecule has 0 saturated carbocycles. The Labute approximate surface area is 186 Å². The number of aromatic nitrogens is 6. The molecule has 0 unspecified atom stereocenters. The van der Waals surface area contributed by atoms with Crippen molar-refractivity contribution in [3.8, 4) is 5.69 Å². The molecule has 0 aliphatic carbocycles. The van der Waals surface area contributed by atoms with Crippen LogP contribution in [0.1, 0.15) is 6.92 Å². The number of carbonyl (C=O) groups is 1. The first kappa shape index (κ1) is 20.0. The van der Waals surface area contributed by atoms with E-state index in [0.29, 0.717) is 16.7 Å². The van der Waals surface area contributed by atoms with Crippen molar-refractivity contribution in [2.45, 2.75) is 18.6 Å². The average Bonchev–Trinajstić information content (AvgIpc) is 3.34. The largest absolute Gasteiger partial charge is 0.324 e. The van der Waals surface area contributed by atoms with Gasteiger partial charge in [0, 0.05) is 18.0 Å². The molecule has 1 amide bonds. The van der Waals surface area contributed by atoms with Crippen LogP contribution < -0.4 is 10.9 Å². The molecule has 5 aromatic rings. The third-order valence-corrected chi connectivity index (χ3v) is 5.85. The Morgan fingerprint density at radius 3 is 2.69 bits per heavy atom. The minimum atomic E-state index is -0.281. The molecule has 0 spiro atoms. The number of carbonyl (C=O) groups excluding carboxylic acids is 1. The summed E-state index contributed by atoms with van der Waals surface area (Å²) in [5, 5.41) is 15.6. The highest BCUT2D eigenvalue weighted by molar-refractivity contribution is 7.99. The van der Waals surface area contributed by atoms with Crippen molar-refractivity contribution in [1.82, 2.24) is 29.5 Å². The van der Waals surface area contributed by atoms with Crippen LogP contribution in [0.15, 0.2) is 70.6 Å². The summed E-state index contributed by atoms with van der Waals surface area (Å²) < 4.78 is 3.45. The maximum absolute atomic E-state index is 12.4. The Morgan fingerprint density at radius 2 is 1.88 bits per heavy atom. The molecule has 0 atom stereocenters. The summed E-state index contributed by atoms with van der Waals surface area (Å²) in [6.07, 6.45) is 0. The summed E-state index contributed by atoms with van der Waals surface area (Å²) in [7, 11) is 0. The van der Waals surface area contributed by atoms with Gasteiger partial charge in [0.25, 0.3) is 5.56 Å². The van der Waals surface area contributed by atoms with E-state index in [1.807, 2.05) is 42.5 Å². The Kier molecular flexibility index (Phi) is 5.20. The molecule has 0 saturated heterocycles. The molecule has 10 heteroatoms. The highest BCUT2D eigenvalue weighted by Crippen LogP contribution is 2.27. The van der Waals surface area contributed by atoms with Crippen molar-refractivity contribution in [2.75, 3.05) is 11.1 Å². The molecule has 2 N–H and O–H groups in total. The van der Waals surface area contributed by atoms with Crippen LogP contribution in [0.5, 0.6) is 0 Å². The molecule has 0 bridgehead atoms. The number of fused-ring (bicyclic) bond motifs is 3. The van der Waals surface area contributed by atoms with Crippen LogP contribution in [0.3, 0.4) is 0 Å². The second-order valence-corrected chi connectivity index (χ2v) is 7.99. The quantitative estimate of drug-likeness (QED) is 0.388. The molecule has 2 aromatic carbocycles. The highest BCUT2D eigenvalue weighted by Gasteiger charge is 2.15. The van der Waals surface area contributed by atoms with E-state index in [2.05, 4.69) is 37.1 Å². The van der Waals surface area contributed by atoms with Crippen molar-refractivity contribution in [2.24, 2.45) is 0 Å². The van der Waals surface area contributed by atoms with E-state index in [4.69, 9.17) is 0 Å². The molecule has 0 aliphatic rings. The number of rotatable bonds is 6. The van der Waals surface area contributed by atoms with Gasteiger partial charge in [-0.05, 0) is 25.1 Å². The number of H-pyrrole nitrogens is 1. The van der Waals surface area contributed by atoms with Crippen molar-refractivity contribution in [1.29, 1.82) is 0 Å². The summed E-state index contributed by atoms with van der Waals surface area (Å²) in [4.78, 5) is 29.3. The minimum Gasteiger partial charge on any atom is -0.324 e. The number of para-hydroxylation sites is 2. The first-order valence-electron chi connectivity index (χ1n) is 10.1. The molecule has 9 nitrogen and oxygen atoms in total. The predicted molar refractivity (Wildman–Crippen MR) is 124 cm³/mol. The number of thioether (sulfide) groups is 1. The standard InChI is InChI=1S/C22H19N7O2S/c1-2-28-16-11-7-6-10-15(16)20-21(28)24-22(26-25-20)32-13-18(30)23-17-12-19(31)29(27-17)14-8-4-3-5-9-14/h3-12,27H,2,13H2,1H3,(H,23,30). The summed E-state index contributed by atoms with van der Waals surface area (Å²) in [6.45, 7) is 2.80. The van der Waals surface area contributed by atoms with Crippen LogP contribution in [0.4, 0.5) is 5.82 Å². The number of benzene rings is 2. The second kappa shape index (κ2) is 8.31. The molecule has 0 radical (unpaired) electrons. The van der Waals surface area contributed by atoms with E-state index in [-0.39, 0.29) is 17.2 Å². The number of amides is 1. The average molecular weight is 446 g/mol. The maximum atomic E-state index is 12.4. The van der Waals surface area contributed by atoms with E-state index in [0.717, 1.165) is 28.6 Å². The van der Waals surface area contributed by atoms with Gasteiger partial charge < -0.3 is 9.88 Å². The first-order valence-corrected chi connectivity index (χ1v) is 11.0. The fourth-order valence-electron chi connectivity index (χ4n) is 3.62. The molecule has 3 aromatic heterocycles. The summed E-state index contributed by atoms with van der Waals surface area (Å²) in [5.41, 5.74) is 2.97. The fourth-order valence-corrected chi connectivity index (χ4v) is 4.20. The van der Waals surface area contributed by atoms with Gasteiger partial charge in [0.2, 0.25) is 11.1 Å². The Balaban J connectivity index is 1.31. The number of nitrogens with zero attached hydrogens (tertiary/aromatic N) is 5. The van der Waals surface area contributed by atoms with Crippen LogP contribution in [-0.4, -0.2) is 41.2 Å². The SMILES string of the molecule is CCn1c2ccccc2c2nnc(SCC(=O)Nc3cc(=O)n(-c4ccccc4)[nH]3)nc21. The lowest BCUT2D eigenvalue weighted by Crippen LogP contribution is -2.15. The third kappa shape index (κ3) is 3.65. The number of anilines is 1. The Hall–Kier alpha value is -3.92. The molecular formula is C22H19N7O2S. The minimum absolute atomic E-state index is 0.0814. The van der Waals surface area contributed by atoms with E-state index in [1.165, 1.54) is 22.5 Å². The predicted octanol–water partition coefficient (Wildman–Crippen LogP) is 3.21. The zero-order valence-electron chi connectivity index (χ0n) is 17.1. The summed E-state index contributed by atoms with van der Waals surface area (Å²) >= 11 is 1.19. The lowest BCUT2D eigenvalue weighted by Gasteiger charge is -2.04. The van der Waals surface area contributed by atoms with E-state index in [9.17, 15) is 9.59 Å². The number of hydrogen-bond acceptors (Lipinski definition) is 6. The number of hydrogen-bond donors (Lipinski definition) is 2. The highest BCUT2D eigenvalue weighted by atomic mass is 32.2. The zero-order chi connectivity index (χ0) is 22.1. The van der Waals surface area contributed by atoms with Crippen LogP contribution in [0.2, 0.25) is 0 Å². The van der Waals surface area contributed by atoms with Crippen LogP contribution >= 0.6 is 11.8 Å². The van der Waals surface area contributed by atoms with Gasteiger partial charge in [-0.3, -0.25) is 14.7 Å². The van der Waals surface area contributed by atoms with Gasteiger partial charge in [-0.1, -0.05) is 48.2 Å². The Bertz CT molecular complexity index is 1490. The molecule has 32 heavy (non-hydrogen) atoms. The Morgan fingerprint density at radius 1 is 1.09 bits per heavy atom. The maximum Gasteiger partial charge on any atom is 0.273 e. The second-order valence-electron chi connectivity index (χ2n) is 7.04. The first-order chi connectivity index (χ1) is 15.6. The van der Waals surface area contributed by atoms with E-state index >= 15 is 0 Å². The van der Waals surface area contributed by atoms with Gasteiger partial charge in [-0.25, -0.2) is 9.67 Å². The van der Waals surface area contributed by atoms with Crippen LogP contribution in [0, 0.1) is 0 Å². The normalized spacial score (nSPS) is 11.3. The van der Waals surface area contributed by atoms with Crippen molar-refractivity contribution in [3.05, 3.63) is 71.0 Å². The van der Waals surface area contributed by atoms with Gasteiger partial charge in [0.15, 0.2) is 5.65 Å². The number of aromatic amines is 1. The molecule has 0 aliphatic heterocycles. The smallest absolute Gasteiger partial charge is 0.273 e. The fraction of sp³-hybridized carbons (Fsp3) is 0.136. The molecule has 0 fully saturated rings. The lowest BCUT2D eigenvalue weighted by molar-refractivity contribution is -0.113. The van der Waals surface area contributed by atoms with Crippen molar-refractivity contribution < 1.29 is 4.79 Å². The van der Waals surface area contributed by atoms with Crippen molar-refractivity contribution >= 4 is 45.6 Å². The lowest BCUT2D eigenvalue weighted by atomic mass is 10.2. The molecule has 3 heterocycles. The molecular weight excluding hydrogens is 426 g/mol.